The third kappa shape index (κ3) is 5.69. The molecule has 2 N–H and O–H groups in total. The molecule has 0 spiro atoms. The first-order chi connectivity index (χ1) is 16.9. The Morgan fingerprint density at radius 3 is 2.09 bits per heavy atom. The molecule has 7 heteroatoms. The summed E-state index contributed by atoms with van der Waals surface area (Å²) in [5, 5.41) is 12.0. The second-order valence-electron chi connectivity index (χ2n) is 8.62. The number of fused-ring (bicyclic) bond motifs is 3. The number of benzene rings is 3. The SMILES string of the molecule is CC(CCC(=O)N(CC(=O)O)c1ccccc1)NC(=O)OCC1c2ccccc2-c2ccccc21. The third-order valence-electron chi connectivity index (χ3n) is 6.16. The summed E-state index contributed by atoms with van der Waals surface area (Å²) in [5.41, 5.74) is 5.12. The highest BCUT2D eigenvalue weighted by atomic mass is 16.5. The molecule has 180 valence electrons. The van der Waals surface area contributed by atoms with E-state index in [1.807, 2.05) is 24.3 Å². The number of amides is 2. The van der Waals surface area contributed by atoms with Crippen LogP contribution in [0.3, 0.4) is 0 Å². The normalized spacial score (nSPS) is 12.8. The van der Waals surface area contributed by atoms with E-state index in [4.69, 9.17) is 4.74 Å². The monoisotopic (exact) mass is 472 g/mol. The van der Waals surface area contributed by atoms with E-state index in [1.165, 1.54) is 4.90 Å². The number of ether oxygens (including phenoxy) is 1. The highest BCUT2D eigenvalue weighted by Crippen LogP contribution is 2.44. The Balaban J connectivity index is 1.30. The van der Waals surface area contributed by atoms with Gasteiger partial charge in [-0.3, -0.25) is 9.59 Å². The van der Waals surface area contributed by atoms with Crippen LogP contribution < -0.4 is 10.2 Å². The number of hydrogen-bond donors (Lipinski definition) is 2. The van der Waals surface area contributed by atoms with Gasteiger partial charge in [0.2, 0.25) is 5.91 Å². The van der Waals surface area contributed by atoms with Crippen molar-refractivity contribution in [2.24, 2.45) is 0 Å². The Morgan fingerprint density at radius 2 is 1.49 bits per heavy atom. The Bertz CT molecular complexity index is 1170. The molecule has 0 aliphatic heterocycles. The van der Waals surface area contributed by atoms with E-state index in [2.05, 4.69) is 29.6 Å². The molecule has 1 atom stereocenters. The first-order valence-corrected chi connectivity index (χ1v) is 11.6. The number of rotatable bonds is 9. The van der Waals surface area contributed by atoms with E-state index in [0.717, 1.165) is 22.3 Å². The fourth-order valence-corrected chi connectivity index (χ4v) is 4.46. The van der Waals surface area contributed by atoms with Gasteiger partial charge in [-0.15, -0.1) is 0 Å². The Hall–Kier alpha value is -4.13. The van der Waals surface area contributed by atoms with Gasteiger partial charge in [0.1, 0.15) is 13.2 Å². The second-order valence-corrected chi connectivity index (χ2v) is 8.62. The lowest BCUT2D eigenvalue weighted by atomic mass is 9.98. The molecule has 0 heterocycles. The van der Waals surface area contributed by atoms with Crippen LogP contribution in [0.5, 0.6) is 0 Å². The van der Waals surface area contributed by atoms with Crippen molar-refractivity contribution in [1.29, 1.82) is 0 Å². The number of nitrogens with one attached hydrogen (secondary N) is 1. The van der Waals surface area contributed by atoms with Crippen LogP contribution in [0.1, 0.15) is 36.8 Å². The van der Waals surface area contributed by atoms with Crippen LogP contribution in [0.15, 0.2) is 78.9 Å². The van der Waals surface area contributed by atoms with E-state index < -0.39 is 18.6 Å². The van der Waals surface area contributed by atoms with Gasteiger partial charge in [-0.05, 0) is 47.7 Å². The molecule has 0 radical (unpaired) electrons. The van der Waals surface area contributed by atoms with Crippen LogP contribution in [0.4, 0.5) is 10.5 Å². The number of para-hydroxylation sites is 1. The average molecular weight is 473 g/mol. The molecule has 35 heavy (non-hydrogen) atoms. The summed E-state index contributed by atoms with van der Waals surface area (Å²) in [5.74, 6) is -1.44. The summed E-state index contributed by atoms with van der Waals surface area (Å²) < 4.78 is 5.56. The van der Waals surface area contributed by atoms with Gasteiger partial charge in [-0.2, -0.15) is 0 Å². The number of nitrogens with zero attached hydrogens (tertiary/aromatic N) is 1. The van der Waals surface area contributed by atoms with E-state index in [1.54, 1.807) is 37.3 Å². The summed E-state index contributed by atoms with van der Waals surface area (Å²) in [7, 11) is 0. The van der Waals surface area contributed by atoms with Crippen molar-refractivity contribution in [3.05, 3.63) is 90.0 Å². The van der Waals surface area contributed by atoms with Gasteiger partial charge in [-0.25, -0.2) is 4.79 Å². The third-order valence-corrected chi connectivity index (χ3v) is 6.16. The number of alkyl carbamates (subject to hydrolysis) is 1. The molecule has 0 saturated heterocycles. The zero-order valence-corrected chi connectivity index (χ0v) is 19.5. The number of carbonyl (C=O) groups is 3. The maximum Gasteiger partial charge on any atom is 0.407 e. The molecule has 0 saturated carbocycles. The molecule has 1 unspecified atom stereocenters. The van der Waals surface area contributed by atoms with Crippen molar-refractivity contribution in [2.45, 2.75) is 31.7 Å². The van der Waals surface area contributed by atoms with Crippen molar-refractivity contribution < 1.29 is 24.2 Å². The van der Waals surface area contributed by atoms with Crippen LogP contribution in [0, 0.1) is 0 Å². The van der Waals surface area contributed by atoms with E-state index in [9.17, 15) is 19.5 Å². The van der Waals surface area contributed by atoms with Gasteiger partial charge < -0.3 is 20.1 Å². The van der Waals surface area contributed by atoms with Crippen molar-refractivity contribution in [3.63, 3.8) is 0 Å². The molecule has 0 fully saturated rings. The summed E-state index contributed by atoms with van der Waals surface area (Å²) in [4.78, 5) is 37.7. The minimum absolute atomic E-state index is 0.0273. The zero-order valence-electron chi connectivity index (χ0n) is 19.5. The molecular formula is C28H28N2O5. The van der Waals surface area contributed by atoms with Crippen LogP contribution in [-0.4, -0.2) is 42.3 Å². The van der Waals surface area contributed by atoms with Crippen molar-refractivity contribution in [2.75, 3.05) is 18.1 Å². The first-order valence-electron chi connectivity index (χ1n) is 11.6. The lowest BCUT2D eigenvalue weighted by Gasteiger charge is -2.22. The van der Waals surface area contributed by atoms with E-state index in [0.29, 0.717) is 12.1 Å². The minimum atomic E-state index is -1.09. The molecule has 0 aromatic heterocycles. The topological polar surface area (TPSA) is 95.9 Å². The van der Waals surface area contributed by atoms with Gasteiger partial charge in [0.05, 0.1) is 0 Å². The van der Waals surface area contributed by atoms with Crippen molar-refractivity contribution in [3.8, 4) is 11.1 Å². The second kappa shape index (κ2) is 10.9. The van der Waals surface area contributed by atoms with Crippen LogP contribution in [0.25, 0.3) is 11.1 Å². The van der Waals surface area contributed by atoms with Crippen LogP contribution in [0.2, 0.25) is 0 Å². The van der Waals surface area contributed by atoms with Gasteiger partial charge >= 0.3 is 12.1 Å². The summed E-state index contributed by atoms with van der Waals surface area (Å²) in [6, 6.07) is 24.6. The van der Waals surface area contributed by atoms with Crippen LogP contribution >= 0.6 is 0 Å². The number of aliphatic carboxylic acids is 1. The zero-order chi connectivity index (χ0) is 24.8. The van der Waals surface area contributed by atoms with Gasteiger partial charge in [0, 0.05) is 24.1 Å². The largest absolute Gasteiger partial charge is 0.480 e. The summed E-state index contributed by atoms with van der Waals surface area (Å²) >= 11 is 0. The van der Waals surface area contributed by atoms with E-state index in [-0.39, 0.29) is 30.9 Å². The quantitative estimate of drug-likeness (QED) is 0.466. The Morgan fingerprint density at radius 1 is 0.914 bits per heavy atom. The predicted molar refractivity (Wildman–Crippen MR) is 133 cm³/mol. The van der Waals surface area contributed by atoms with Gasteiger partial charge in [-0.1, -0.05) is 66.7 Å². The fourth-order valence-electron chi connectivity index (χ4n) is 4.46. The van der Waals surface area contributed by atoms with Crippen molar-refractivity contribution >= 4 is 23.7 Å². The number of carbonyl (C=O) groups excluding carboxylic acids is 2. The highest BCUT2D eigenvalue weighted by Gasteiger charge is 2.29. The minimum Gasteiger partial charge on any atom is -0.480 e. The maximum absolute atomic E-state index is 12.7. The van der Waals surface area contributed by atoms with Crippen LogP contribution in [-0.2, 0) is 14.3 Å². The van der Waals surface area contributed by atoms with Crippen molar-refractivity contribution in [1.82, 2.24) is 5.32 Å². The Labute approximate surface area is 204 Å². The molecule has 1 aliphatic rings. The molecular weight excluding hydrogens is 444 g/mol. The molecule has 4 rings (SSSR count). The average Bonchev–Trinajstić information content (AvgIpc) is 3.18. The molecule has 0 bridgehead atoms. The lowest BCUT2D eigenvalue weighted by Crippen LogP contribution is -2.38. The Kier molecular flexibility index (Phi) is 7.45. The molecule has 7 nitrogen and oxygen atoms in total. The van der Waals surface area contributed by atoms with Gasteiger partial charge in [0.25, 0.3) is 0 Å². The number of carboxylic acid groups (broad SMARTS) is 1. The molecule has 3 aromatic rings. The van der Waals surface area contributed by atoms with Gasteiger partial charge in [0.15, 0.2) is 0 Å². The maximum atomic E-state index is 12.7. The molecule has 1 aliphatic carbocycles. The first kappa shape index (κ1) is 24.0. The highest BCUT2D eigenvalue weighted by molar-refractivity contribution is 5.97. The summed E-state index contributed by atoms with van der Waals surface area (Å²) in [6.07, 6.45) is -0.101. The smallest absolute Gasteiger partial charge is 0.407 e. The fraction of sp³-hybridized carbons (Fsp3) is 0.250. The lowest BCUT2D eigenvalue weighted by molar-refractivity contribution is -0.136. The predicted octanol–water partition coefficient (Wildman–Crippen LogP) is 4.81. The molecule has 2 amide bonds. The van der Waals surface area contributed by atoms with E-state index >= 15 is 0 Å². The summed E-state index contributed by atoms with van der Waals surface area (Å²) in [6.45, 7) is 1.59. The number of hydrogen-bond acceptors (Lipinski definition) is 4. The standard InChI is InChI=1S/C28H28N2O5/c1-19(15-16-26(31)30(17-27(32)33)20-9-3-2-4-10-20)29-28(34)35-18-25-23-13-7-5-11-21(23)22-12-6-8-14-24(22)25/h2-14,19,25H,15-18H2,1H3,(H,29,34)(H,32,33). The number of anilines is 1. The molecule has 3 aromatic carbocycles. The number of carboxylic acids is 1.